The first-order valence-electron chi connectivity index (χ1n) is 16.1. The van der Waals surface area contributed by atoms with Crippen molar-refractivity contribution in [1.82, 2.24) is 20.1 Å². The molecule has 9 nitrogen and oxygen atoms in total. The topological polar surface area (TPSA) is 119 Å². The summed E-state index contributed by atoms with van der Waals surface area (Å²) < 4.78 is 29.5. The summed E-state index contributed by atoms with van der Waals surface area (Å²) in [6.07, 6.45) is 4.29. The van der Waals surface area contributed by atoms with Crippen LogP contribution >= 0.6 is 0 Å². The summed E-state index contributed by atoms with van der Waals surface area (Å²) in [4.78, 5) is 27.0. The van der Waals surface area contributed by atoms with E-state index in [0.29, 0.717) is 6.54 Å². The second kappa shape index (κ2) is 17.6. The van der Waals surface area contributed by atoms with Gasteiger partial charge >= 0.3 is 0 Å². The van der Waals surface area contributed by atoms with Crippen molar-refractivity contribution in [2.45, 2.75) is 56.7 Å². The van der Waals surface area contributed by atoms with Crippen LogP contribution in [0.2, 0.25) is 0 Å². The van der Waals surface area contributed by atoms with E-state index in [9.17, 15) is 23.1 Å². The van der Waals surface area contributed by atoms with E-state index in [1.807, 2.05) is 98.8 Å². The maximum Gasteiger partial charge on any atom is 0.252 e. The fraction of sp³-hybridized carbons (Fsp3) is 0.316. The second-order valence-corrected chi connectivity index (χ2v) is 14.1. The lowest BCUT2D eigenvalue weighted by atomic mass is 9.99. The fourth-order valence-electron chi connectivity index (χ4n) is 5.46. The van der Waals surface area contributed by atoms with Crippen molar-refractivity contribution in [2.24, 2.45) is 5.92 Å². The van der Waals surface area contributed by atoms with Crippen LogP contribution in [-0.2, 0) is 32.6 Å². The first kappa shape index (κ1) is 36.3. The van der Waals surface area contributed by atoms with Crippen LogP contribution in [-0.4, -0.2) is 66.4 Å². The van der Waals surface area contributed by atoms with Gasteiger partial charge in [0.2, 0.25) is 15.9 Å². The minimum absolute atomic E-state index is 0.0660. The number of terminal acetylenes is 1. The number of rotatable bonds is 16. The van der Waals surface area contributed by atoms with E-state index in [4.69, 9.17) is 6.42 Å². The molecule has 0 fully saturated rings. The standard InChI is InChI=1S/C38H44N4O5S/c1-4-5-20-38(45)42(40-37(44)26-39-25-31-16-10-7-11-17-31)35(23-30-14-8-6-9-15-30)36(43)28-41(27-29(2)3)48(46,47)34-22-21-32-18-12-13-19-33(32)24-34/h1,6-19,21-22,24,29,35-36,39,43H,5,20,23,25-28H2,2-3H3,(H,40,44)/t35?,36-/m1/s1. The predicted molar refractivity (Wildman–Crippen MR) is 189 cm³/mol. The molecule has 252 valence electrons. The number of fused-ring (bicyclic) bond motifs is 1. The molecule has 0 aromatic heterocycles. The lowest BCUT2D eigenvalue weighted by molar-refractivity contribution is -0.147. The van der Waals surface area contributed by atoms with E-state index < -0.39 is 34.0 Å². The molecule has 48 heavy (non-hydrogen) atoms. The molecule has 1 unspecified atom stereocenters. The molecule has 0 aliphatic heterocycles. The Kier molecular flexibility index (Phi) is 13.3. The van der Waals surface area contributed by atoms with Crippen LogP contribution in [0.25, 0.3) is 10.8 Å². The SMILES string of the molecule is C#CCCC(=O)N(NC(=O)CNCc1ccccc1)C(Cc1ccccc1)[C@H](O)CN(CC(C)C)S(=O)(=O)c1ccc2ccccc2c1. The zero-order chi connectivity index (χ0) is 34.5. The Morgan fingerprint density at radius 3 is 2.12 bits per heavy atom. The Hall–Kier alpha value is -4.53. The average molecular weight is 669 g/mol. The molecule has 0 aliphatic carbocycles. The molecule has 0 aliphatic rings. The number of nitrogens with one attached hydrogen (secondary N) is 2. The van der Waals surface area contributed by atoms with Gasteiger partial charge in [0.05, 0.1) is 23.6 Å². The number of aliphatic hydroxyl groups is 1. The van der Waals surface area contributed by atoms with Gasteiger partial charge in [-0.3, -0.25) is 15.0 Å². The van der Waals surface area contributed by atoms with Gasteiger partial charge in [0.25, 0.3) is 5.91 Å². The minimum atomic E-state index is -4.06. The number of sulfonamides is 1. The van der Waals surface area contributed by atoms with E-state index in [1.54, 1.807) is 18.2 Å². The number of amides is 2. The van der Waals surface area contributed by atoms with E-state index in [2.05, 4.69) is 16.7 Å². The van der Waals surface area contributed by atoms with Gasteiger partial charge in [0.1, 0.15) is 0 Å². The van der Waals surface area contributed by atoms with Crippen LogP contribution in [0.4, 0.5) is 0 Å². The van der Waals surface area contributed by atoms with Gasteiger partial charge in [-0.05, 0) is 46.4 Å². The summed E-state index contributed by atoms with van der Waals surface area (Å²) in [7, 11) is -4.06. The van der Waals surface area contributed by atoms with E-state index >= 15 is 0 Å². The largest absolute Gasteiger partial charge is 0.390 e. The van der Waals surface area contributed by atoms with Gasteiger partial charge in [-0.2, -0.15) is 4.31 Å². The molecule has 4 aromatic carbocycles. The first-order valence-corrected chi connectivity index (χ1v) is 17.5. The van der Waals surface area contributed by atoms with Crippen molar-refractivity contribution in [3.8, 4) is 12.3 Å². The molecule has 0 saturated heterocycles. The Bertz CT molecular complexity index is 1790. The van der Waals surface area contributed by atoms with Gasteiger partial charge in [-0.25, -0.2) is 13.4 Å². The van der Waals surface area contributed by atoms with Crippen molar-refractivity contribution in [3.05, 3.63) is 114 Å². The lowest BCUT2D eigenvalue weighted by Crippen LogP contribution is -2.60. The quantitative estimate of drug-likeness (QED) is 0.119. The van der Waals surface area contributed by atoms with Gasteiger partial charge < -0.3 is 10.4 Å². The van der Waals surface area contributed by atoms with Gasteiger partial charge in [-0.15, -0.1) is 12.3 Å². The van der Waals surface area contributed by atoms with Crippen molar-refractivity contribution in [2.75, 3.05) is 19.6 Å². The molecule has 2 atom stereocenters. The first-order chi connectivity index (χ1) is 23.1. The van der Waals surface area contributed by atoms with Gasteiger partial charge in [-0.1, -0.05) is 105 Å². The second-order valence-electron chi connectivity index (χ2n) is 12.1. The van der Waals surface area contributed by atoms with Crippen LogP contribution in [0, 0.1) is 18.3 Å². The van der Waals surface area contributed by atoms with Crippen molar-refractivity contribution in [3.63, 3.8) is 0 Å². The summed E-state index contributed by atoms with van der Waals surface area (Å²) in [5.74, 6) is 1.41. The molecular weight excluding hydrogens is 625 g/mol. The molecule has 4 rings (SSSR count). The van der Waals surface area contributed by atoms with Crippen LogP contribution < -0.4 is 10.7 Å². The van der Waals surface area contributed by atoms with E-state index in [1.165, 1.54) is 4.31 Å². The van der Waals surface area contributed by atoms with Crippen LogP contribution in [0.1, 0.15) is 37.8 Å². The number of hydrogen-bond donors (Lipinski definition) is 3. The molecule has 0 spiro atoms. The summed E-state index contributed by atoms with van der Waals surface area (Å²) in [6.45, 7) is 3.95. The minimum Gasteiger partial charge on any atom is -0.390 e. The van der Waals surface area contributed by atoms with Crippen molar-refractivity contribution >= 4 is 32.6 Å². The molecule has 0 saturated carbocycles. The molecule has 4 aromatic rings. The smallest absolute Gasteiger partial charge is 0.252 e. The molecular formula is C38H44N4O5S. The third kappa shape index (κ3) is 10.2. The summed E-state index contributed by atoms with van der Waals surface area (Å²) in [5, 5.41) is 17.8. The number of hydrazine groups is 1. The lowest BCUT2D eigenvalue weighted by Gasteiger charge is -2.37. The van der Waals surface area contributed by atoms with Crippen molar-refractivity contribution in [1.29, 1.82) is 0 Å². The molecule has 0 bridgehead atoms. The zero-order valence-electron chi connectivity index (χ0n) is 27.5. The zero-order valence-corrected chi connectivity index (χ0v) is 28.3. The summed E-state index contributed by atoms with van der Waals surface area (Å²) >= 11 is 0. The van der Waals surface area contributed by atoms with Gasteiger partial charge in [0, 0.05) is 32.5 Å². The Morgan fingerprint density at radius 1 is 0.854 bits per heavy atom. The Balaban J connectivity index is 1.64. The molecule has 0 radical (unpaired) electrons. The highest BCUT2D eigenvalue weighted by atomic mass is 32.2. The number of benzene rings is 4. The van der Waals surface area contributed by atoms with Crippen LogP contribution in [0.3, 0.4) is 0 Å². The maximum absolute atomic E-state index is 14.1. The molecule has 3 N–H and O–H groups in total. The van der Waals surface area contributed by atoms with Crippen molar-refractivity contribution < 1.29 is 23.1 Å². The monoisotopic (exact) mass is 668 g/mol. The van der Waals surface area contributed by atoms with Crippen LogP contribution in [0.5, 0.6) is 0 Å². The fourth-order valence-corrected chi connectivity index (χ4v) is 7.12. The van der Waals surface area contributed by atoms with E-state index in [0.717, 1.165) is 26.9 Å². The third-order valence-electron chi connectivity index (χ3n) is 7.84. The predicted octanol–water partition coefficient (Wildman–Crippen LogP) is 4.52. The molecule has 2 amide bonds. The highest BCUT2D eigenvalue weighted by molar-refractivity contribution is 7.89. The normalized spacial score (nSPS) is 12.8. The molecule has 0 heterocycles. The average Bonchev–Trinajstić information content (AvgIpc) is 3.08. The highest BCUT2D eigenvalue weighted by Gasteiger charge is 2.36. The Labute approximate surface area is 284 Å². The number of hydrogen-bond acceptors (Lipinski definition) is 6. The maximum atomic E-state index is 14.1. The Morgan fingerprint density at radius 2 is 1.48 bits per heavy atom. The highest BCUT2D eigenvalue weighted by Crippen LogP contribution is 2.24. The number of aliphatic hydroxyl groups excluding tert-OH is 1. The number of carbonyl (C=O) groups is 2. The number of carbonyl (C=O) groups excluding carboxylic acids is 2. The summed E-state index contributed by atoms with van der Waals surface area (Å²) in [6, 6.07) is 30.2. The van der Waals surface area contributed by atoms with Crippen LogP contribution in [0.15, 0.2) is 108 Å². The molecule has 10 heteroatoms. The van der Waals surface area contributed by atoms with E-state index in [-0.39, 0.29) is 49.7 Å². The number of nitrogens with zero attached hydrogens (tertiary/aromatic N) is 2. The summed E-state index contributed by atoms with van der Waals surface area (Å²) in [5.41, 5.74) is 4.48. The third-order valence-corrected chi connectivity index (χ3v) is 9.66. The van der Waals surface area contributed by atoms with Gasteiger partial charge in [0.15, 0.2) is 0 Å².